The van der Waals surface area contributed by atoms with Crippen LogP contribution in [0.2, 0.25) is 0 Å². The minimum Gasteiger partial charge on any atom is -0.423 e. The molecule has 18 heavy (non-hydrogen) atoms. The summed E-state index contributed by atoms with van der Waals surface area (Å²) in [6, 6.07) is -1.74. The summed E-state index contributed by atoms with van der Waals surface area (Å²) in [4.78, 5) is 36.6. The fourth-order valence-electron chi connectivity index (χ4n) is 1.21. The van der Waals surface area contributed by atoms with Crippen LogP contribution in [0.5, 0.6) is 0 Å². The second kappa shape index (κ2) is 4.67. The predicted octanol–water partition coefficient (Wildman–Crippen LogP) is 1.11. The molecule has 0 N–H and O–H groups in total. The molecule has 0 aromatic rings. The molecule has 0 fully saturated rings. The highest BCUT2D eigenvalue weighted by Gasteiger charge is 2.40. The Bertz CT molecular complexity index is 470. The molecule has 1 aliphatic heterocycles. The van der Waals surface area contributed by atoms with Gasteiger partial charge < -0.3 is 4.74 Å². The molecular weight excluding hydrogens is 240 g/mol. The monoisotopic (exact) mass is 254 g/mol. The molecule has 0 aromatic heterocycles. The average Bonchev–Trinajstić information content (AvgIpc) is 2.13. The molecule has 0 saturated carbocycles. The molecule has 0 spiro atoms. The number of aliphatic imine (C=N–C) groups is 1. The third-order valence-electron chi connectivity index (χ3n) is 2.17. The molecule has 1 amide bonds. The number of nitro groups is 1. The van der Waals surface area contributed by atoms with E-state index < -0.39 is 28.3 Å². The Hall–Kier alpha value is -2.05. The molecule has 1 atom stereocenters. The smallest absolute Gasteiger partial charge is 0.348 e. The van der Waals surface area contributed by atoms with Gasteiger partial charge in [-0.25, -0.2) is 4.99 Å². The van der Waals surface area contributed by atoms with Crippen molar-refractivity contribution in [2.75, 3.05) is 0 Å². The fourth-order valence-corrected chi connectivity index (χ4v) is 1.21. The average molecular weight is 254 g/mol. The Morgan fingerprint density at radius 1 is 1.50 bits per heavy atom. The Balaban J connectivity index is 3.04. The van der Waals surface area contributed by atoms with Gasteiger partial charge in [-0.05, 0) is 27.7 Å². The Kier molecular flexibility index (Phi) is 3.64. The van der Waals surface area contributed by atoms with Crippen molar-refractivity contribution in [2.45, 2.75) is 33.7 Å². The summed E-state index contributed by atoms with van der Waals surface area (Å²) in [5.74, 6) is -1.85. The van der Waals surface area contributed by atoms with Crippen LogP contribution in [0.25, 0.3) is 0 Å². The van der Waals surface area contributed by atoms with E-state index >= 15 is 0 Å². The van der Waals surface area contributed by atoms with Gasteiger partial charge in [0.15, 0.2) is 5.76 Å². The predicted molar refractivity (Wildman–Crippen MR) is 62.5 cm³/mol. The van der Waals surface area contributed by atoms with Gasteiger partial charge in [0.1, 0.15) is 0 Å². The van der Waals surface area contributed by atoms with Crippen molar-refractivity contribution >= 4 is 17.6 Å². The zero-order valence-corrected chi connectivity index (χ0v) is 10.6. The van der Waals surface area contributed by atoms with Gasteiger partial charge in [0, 0.05) is 16.7 Å². The molecule has 0 aliphatic carbocycles. The van der Waals surface area contributed by atoms with Crippen LogP contribution in [0.15, 0.2) is 16.8 Å². The first-order chi connectivity index (χ1) is 8.12. The summed E-state index contributed by atoms with van der Waals surface area (Å²) < 4.78 is 4.95. The first-order valence-electron chi connectivity index (χ1n) is 5.29. The fraction of sp³-hybridized carbons (Fsp3) is 0.545. The Morgan fingerprint density at radius 3 is 2.50 bits per heavy atom. The lowest BCUT2D eigenvalue weighted by molar-refractivity contribution is -0.501. The minimum absolute atomic E-state index is 0.273. The quantitative estimate of drug-likeness (QED) is 0.417. The number of esters is 1. The summed E-state index contributed by atoms with van der Waals surface area (Å²) in [6.07, 6.45) is 1.23. The first-order valence-corrected chi connectivity index (χ1v) is 5.29. The van der Waals surface area contributed by atoms with E-state index in [1.165, 1.54) is 13.0 Å². The highest BCUT2D eigenvalue weighted by atomic mass is 16.6. The first kappa shape index (κ1) is 14.0. The van der Waals surface area contributed by atoms with Gasteiger partial charge in [-0.1, -0.05) is 0 Å². The van der Waals surface area contributed by atoms with Gasteiger partial charge in [0.25, 0.3) is 0 Å². The van der Waals surface area contributed by atoms with Crippen LogP contribution >= 0.6 is 0 Å². The van der Waals surface area contributed by atoms with E-state index in [0.29, 0.717) is 0 Å². The summed E-state index contributed by atoms with van der Waals surface area (Å²) in [5.41, 5.74) is -0.539. The van der Waals surface area contributed by atoms with E-state index in [1.54, 1.807) is 20.8 Å². The third-order valence-corrected chi connectivity index (χ3v) is 2.17. The second-order valence-corrected chi connectivity index (χ2v) is 4.97. The van der Waals surface area contributed by atoms with Crippen molar-refractivity contribution in [1.82, 2.24) is 0 Å². The molecule has 0 radical (unpaired) electrons. The number of carbonyl (C=O) groups is 2. The standard InChI is InChI=1S/C11H14N2O5/c1-6-5-7(18-10(15)11(2,3)4)8(13(16)17)9(14)12-6/h5,8H,1-4H3. The van der Waals surface area contributed by atoms with E-state index in [9.17, 15) is 19.7 Å². The van der Waals surface area contributed by atoms with Gasteiger partial charge in [0.2, 0.25) is 0 Å². The SMILES string of the molecule is CC1=NC(=O)C([N+](=O)[O-])C(OC(=O)C(C)(C)C)=C1. The van der Waals surface area contributed by atoms with Crippen molar-refractivity contribution < 1.29 is 19.2 Å². The molecule has 0 saturated heterocycles. The number of nitrogens with zero attached hydrogens (tertiary/aromatic N) is 2. The summed E-state index contributed by atoms with van der Waals surface area (Å²) in [5, 5.41) is 10.8. The highest BCUT2D eigenvalue weighted by molar-refractivity contribution is 6.06. The highest BCUT2D eigenvalue weighted by Crippen LogP contribution is 2.22. The van der Waals surface area contributed by atoms with Crippen LogP contribution in [-0.4, -0.2) is 28.6 Å². The molecule has 1 aliphatic rings. The van der Waals surface area contributed by atoms with E-state index in [-0.39, 0.29) is 11.5 Å². The van der Waals surface area contributed by atoms with Gasteiger partial charge in [-0.3, -0.25) is 19.7 Å². The molecule has 0 aromatic carbocycles. The minimum atomic E-state index is -1.74. The van der Waals surface area contributed by atoms with Gasteiger partial charge >= 0.3 is 17.9 Å². The topological polar surface area (TPSA) is 98.9 Å². The van der Waals surface area contributed by atoms with Gasteiger partial charge in [-0.2, -0.15) is 0 Å². The van der Waals surface area contributed by atoms with Crippen molar-refractivity contribution in [3.05, 3.63) is 21.9 Å². The molecule has 0 bridgehead atoms. The van der Waals surface area contributed by atoms with Crippen molar-refractivity contribution in [2.24, 2.45) is 10.4 Å². The van der Waals surface area contributed by atoms with E-state index in [1.807, 2.05) is 0 Å². The Morgan fingerprint density at radius 2 is 2.06 bits per heavy atom. The van der Waals surface area contributed by atoms with E-state index in [0.717, 1.165) is 0 Å². The molecule has 7 nitrogen and oxygen atoms in total. The van der Waals surface area contributed by atoms with E-state index in [2.05, 4.69) is 4.99 Å². The van der Waals surface area contributed by atoms with E-state index in [4.69, 9.17) is 4.74 Å². The lowest BCUT2D eigenvalue weighted by Gasteiger charge is -2.20. The lowest BCUT2D eigenvalue weighted by Crippen LogP contribution is -2.37. The number of hydrogen-bond donors (Lipinski definition) is 0. The zero-order valence-electron chi connectivity index (χ0n) is 10.6. The number of rotatable bonds is 2. The van der Waals surface area contributed by atoms with Crippen LogP contribution < -0.4 is 0 Å². The van der Waals surface area contributed by atoms with Crippen LogP contribution in [0.4, 0.5) is 0 Å². The van der Waals surface area contributed by atoms with Crippen LogP contribution in [0.1, 0.15) is 27.7 Å². The molecule has 7 heteroatoms. The van der Waals surface area contributed by atoms with Gasteiger partial charge in [0.05, 0.1) is 5.41 Å². The maximum Gasteiger partial charge on any atom is 0.348 e. The summed E-state index contributed by atoms with van der Waals surface area (Å²) >= 11 is 0. The molecule has 1 unspecified atom stereocenters. The third kappa shape index (κ3) is 2.99. The number of dihydropyridines is 1. The maximum atomic E-state index is 11.7. The molecular formula is C11H14N2O5. The maximum absolute atomic E-state index is 11.7. The lowest BCUT2D eigenvalue weighted by atomic mass is 9.97. The molecule has 1 heterocycles. The van der Waals surface area contributed by atoms with Crippen LogP contribution in [0, 0.1) is 15.5 Å². The van der Waals surface area contributed by atoms with Crippen molar-refractivity contribution in [3.8, 4) is 0 Å². The number of carbonyl (C=O) groups excluding carboxylic acids is 2. The van der Waals surface area contributed by atoms with Gasteiger partial charge in [-0.15, -0.1) is 0 Å². The van der Waals surface area contributed by atoms with Crippen LogP contribution in [0.3, 0.4) is 0 Å². The van der Waals surface area contributed by atoms with Crippen molar-refractivity contribution in [3.63, 3.8) is 0 Å². The number of allylic oxidation sites excluding steroid dienone is 1. The summed E-state index contributed by atoms with van der Waals surface area (Å²) in [7, 11) is 0. The second-order valence-electron chi connectivity index (χ2n) is 4.97. The number of amides is 1. The molecule has 1 rings (SSSR count). The number of hydrogen-bond acceptors (Lipinski definition) is 5. The molecule has 98 valence electrons. The zero-order chi connectivity index (χ0) is 14.1. The van der Waals surface area contributed by atoms with Crippen molar-refractivity contribution in [1.29, 1.82) is 0 Å². The summed E-state index contributed by atoms with van der Waals surface area (Å²) in [6.45, 7) is 6.34. The normalized spacial score (nSPS) is 20.0. The Labute approximate surface area is 104 Å². The number of ether oxygens (including phenoxy) is 1. The van der Waals surface area contributed by atoms with Crippen LogP contribution in [-0.2, 0) is 14.3 Å². The largest absolute Gasteiger partial charge is 0.423 e.